The van der Waals surface area contributed by atoms with Gasteiger partial charge in [0.05, 0.1) is 6.61 Å². The minimum atomic E-state index is -0.845. The van der Waals surface area contributed by atoms with Gasteiger partial charge in [-0.2, -0.15) is 0 Å². The van der Waals surface area contributed by atoms with Crippen LogP contribution in [-0.2, 0) is 0 Å². The first-order valence-corrected chi connectivity index (χ1v) is 6.05. The van der Waals surface area contributed by atoms with Gasteiger partial charge in [-0.25, -0.2) is 4.79 Å². The Morgan fingerprint density at radius 3 is 2.72 bits per heavy atom. The zero-order valence-electron chi connectivity index (χ0n) is 10.1. The predicted molar refractivity (Wildman–Crippen MR) is 65.9 cm³/mol. The maximum absolute atomic E-state index is 10.7. The Labute approximate surface area is 106 Å². The van der Waals surface area contributed by atoms with Crippen LogP contribution >= 0.6 is 0 Å². The van der Waals surface area contributed by atoms with E-state index in [1.807, 2.05) is 0 Å². The standard InChI is InChI=1S/C13H17NO4/c15-11-2-1-3-12(8-11)18-9-10-4-6-14(7-5-10)13(16)17/h1-3,8,10,15H,4-7,9H2,(H,16,17). The number of phenolic OH excluding ortho intramolecular Hbond substituents is 1. The molecule has 0 saturated carbocycles. The van der Waals surface area contributed by atoms with Crippen molar-refractivity contribution in [1.82, 2.24) is 4.90 Å². The minimum absolute atomic E-state index is 0.188. The van der Waals surface area contributed by atoms with E-state index in [4.69, 9.17) is 9.84 Å². The quantitative estimate of drug-likeness (QED) is 0.863. The summed E-state index contributed by atoms with van der Waals surface area (Å²) < 4.78 is 5.60. The summed E-state index contributed by atoms with van der Waals surface area (Å²) in [5.74, 6) is 1.21. The van der Waals surface area contributed by atoms with Crippen LogP contribution in [-0.4, -0.2) is 40.9 Å². The summed E-state index contributed by atoms with van der Waals surface area (Å²) in [4.78, 5) is 12.2. The summed E-state index contributed by atoms with van der Waals surface area (Å²) >= 11 is 0. The number of carboxylic acid groups (broad SMARTS) is 1. The van der Waals surface area contributed by atoms with Crippen LogP contribution in [0.25, 0.3) is 0 Å². The van der Waals surface area contributed by atoms with Gasteiger partial charge in [0.2, 0.25) is 0 Å². The van der Waals surface area contributed by atoms with Gasteiger partial charge >= 0.3 is 6.09 Å². The molecule has 0 aliphatic carbocycles. The molecular formula is C13H17NO4. The third-order valence-corrected chi connectivity index (χ3v) is 3.19. The Balaban J connectivity index is 1.77. The average molecular weight is 251 g/mol. The zero-order chi connectivity index (χ0) is 13.0. The number of hydrogen-bond donors (Lipinski definition) is 2. The van der Waals surface area contributed by atoms with E-state index in [0.717, 1.165) is 12.8 Å². The van der Waals surface area contributed by atoms with Crippen molar-refractivity contribution >= 4 is 6.09 Å². The molecule has 98 valence electrons. The van der Waals surface area contributed by atoms with E-state index < -0.39 is 6.09 Å². The monoisotopic (exact) mass is 251 g/mol. The summed E-state index contributed by atoms with van der Waals surface area (Å²) in [5, 5.41) is 18.1. The molecule has 0 bridgehead atoms. The van der Waals surface area contributed by atoms with Gasteiger partial charge in [-0.3, -0.25) is 0 Å². The van der Waals surface area contributed by atoms with Crippen LogP contribution in [0.3, 0.4) is 0 Å². The maximum Gasteiger partial charge on any atom is 0.407 e. The fraction of sp³-hybridized carbons (Fsp3) is 0.462. The number of benzene rings is 1. The highest BCUT2D eigenvalue weighted by Crippen LogP contribution is 2.21. The molecule has 5 nitrogen and oxygen atoms in total. The number of carbonyl (C=O) groups is 1. The molecule has 2 rings (SSSR count). The summed E-state index contributed by atoms with van der Waals surface area (Å²) in [6.45, 7) is 1.71. The molecule has 1 amide bonds. The predicted octanol–water partition coefficient (Wildman–Crippen LogP) is 2.16. The number of amides is 1. The van der Waals surface area contributed by atoms with Crippen molar-refractivity contribution in [3.05, 3.63) is 24.3 Å². The van der Waals surface area contributed by atoms with Crippen LogP contribution in [0.4, 0.5) is 4.79 Å². The summed E-state index contributed by atoms with van der Waals surface area (Å²) in [5.41, 5.74) is 0. The van der Waals surface area contributed by atoms with E-state index in [1.165, 1.54) is 4.90 Å². The van der Waals surface area contributed by atoms with Gasteiger partial charge in [0, 0.05) is 19.2 Å². The normalized spacial score (nSPS) is 16.6. The van der Waals surface area contributed by atoms with Crippen LogP contribution in [0, 0.1) is 5.92 Å². The molecule has 1 aromatic rings. The second-order valence-electron chi connectivity index (χ2n) is 4.52. The number of rotatable bonds is 3. The minimum Gasteiger partial charge on any atom is -0.508 e. The number of phenols is 1. The Morgan fingerprint density at radius 1 is 1.39 bits per heavy atom. The van der Waals surface area contributed by atoms with Gasteiger partial charge in [0.1, 0.15) is 11.5 Å². The van der Waals surface area contributed by atoms with Gasteiger partial charge in [-0.15, -0.1) is 0 Å². The first kappa shape index (κ1) is 12.5. The fourth-order valence-electron chi connectivity index (χ4n) is 2.08. The van der Waals surface area contributed by atoms with Crippen molar-refractivity contribution in [3.8, 4) is 11.5 Å². The van der Waals surface area contributed by atoms with Crippen LogP contribution in [0.5, 0.6) is 11.5 Å². The molecule has 2 N–H and O–H groups in total. The first-order valence-electron chi connectivity index (χ1n) is 6.05. The molecule has 1 saturated heterocycles. The molecule has 18 heavy (non-hydrogen) atoms. The molecule has 1 aromatic carbocycles. The lowest BCUT2D eigenvalue weighted by molar-refractivity contribution is 0.111. The third kappa shape index (κ3) is 3.29. The van der Waals surface area contributed by atoms with Crippen molar-refractivity contribution in [1.29, 1.82) is 0 Å². The molecule has 1 aliphatic heterocycles. The smallest absolute Gasteiger partial charge is 0.407 e. The Hall–Kier alpha value is -1.91. The average Bonchev–Trinajstić information content (AvgIpc) is 2.37. The van der Waals surface area contributed by atoms with Crippen molar-refractivity contribution in [2.45, 2.75) is 12.8 Å². The van der Waals surface area contributed by atoms with Crippen molar-refractivity contribution in [3.63, 3.8) is 0 Å². The number of piperidine rings is 1. The van der Waals surface area contributed by atoms with Gasteiger partial charge in [0.15, 0.2) is 0 Å². The molecule has 1 fully saturated rings. The Morgan fingerprint density at radius 2 is 2.11 bits per heavy atom. The molecule has 5 heteroatoms. The zero-order valence-corrected chi connectivity index (χ0v) is 10.1. The second-order valence-corrected chi connectivity index (χ2v) is 4.52. The Kier molecular flexibility index (Phi) is 3.92. The summed E-state index contributed by atoms with van der Waals surface area (Å²) in [6.07, 6.45) is 0.804. The number of nitrogens with zero attached hydrogens (tertiary/aromatic N) is 1. The van der Waals surface area contributed by atoms with Crippen molar-refractivity contribution in [2.75, 3.05) is 19.7 Å². The lowest BCUT2D eigenvalue weighted by atomic mass is 9.98. The van der Waals surface area contributed by atoms with Crippen LogP contribution in [0.15, 0.2) is 24.3 Å². The lowest BCUT2D eigenvalue weighted by Crippen LogP contribution is -2.38. The van der Waals surface area contributed by atoms with Crippen LogP contribution in [0.2, 0.25) is 0 Å². The number of ether oxygens (including phenoxy) is 1. The Bertz CT molecular complexity index is 413. The van der Waals surface area contributed by atoms with Crippen molar-refractivity contribution in [2.24, 2.45) is 5.92 Å². The molecule has 0 unspecified atom stereocenters. The summed E-state index contributed by atoms with van der Waals surface area (Å²) in [6, 6.07) is 6.70. The highest BCUT2D eigenvalue weighted by Gasteiger charge is 2.22. The number of hydrogen-bond acceptors (Lipinski definition) is 3. The van der Waals surface area contributed by atoms with Gasteiger partial charge in [-0.1, -0.05) is 6.07 Å². The summed E-state index contributed by atoms with van der Waals surface area (Å²) in [7, 11) is 0. The molecular weight excluding hydrogens is 234 g/mol. The SMILES string of the molecule is O=C(O)N1CCC(COc2cccc(O)c2)CC1. The molecule has 1 heterocycles. The van der Waals surface area contributed by atoms with Gasteiger partial charge in [0.25, 0.3) is 0 Å². The van der Waals surface area contributed by atoms with Crippen LogP contribution in [0.1, 0.15) is 12.8 Å². The van der Waals surface area contributed by atoms with Crippen LogP contribution < -0.4 is 4.74 Å². The van der Waals surface area contributed by atoms with E-state index in [0.29, 0.717) is 31.4 Å². The van der Waals surface area contributed by atoms with E-state index in [-0.39, 0.29) is 5.75 Å². The number of aromatic hydroxyl groups is 1. The largest absolute Gasteiger partial charge is 0.508 e. The topological polar surface area (TPSA) is 70.0 Å². The van der Waals surface area contributed by atoms with Crippen molar-refractivity contribution < 1.29 is 19.7 Å². The fourth-order valence-corrected chi connectivity index (χ4v) is 2.08. The molecule has 0 spiro atoms. The number of likely N-dealkylation sites (tertiary alicyclic amines) is 1. The van der Waals surface area contributed by atoms with Gasteiger partial charge < -0.3 is 19.8 Å². The van der Waals surface area contributed by atoms with Gasteiger partial charge in [-0.05, 0) is 30.9 Å². The molecule has 0 radical (unpaired) electrons. The lowest BCUT2D eigenvalue weighted by Gasteiger charge is -2.29. The highest BCUT2D eigenvalue weighted by molar-refractivity contribution is 5.64. The van der Waals surface area contributed by atoms with E-state index >= 15 is 0 Å². The van der Waals surface area contributed by atoms with E-state index in [2.05, 4.69) is 0 Å². The molecule has 0 aromatic heterocycles. The second kappa shape index (κ2) is 5.62. The maximum atomic E-state index is 10.7. The third-order valence-electron chi connectivity index (χ3n) is 3.19. The van der Waals surface area contributed by atoms with E-state index in [9.17, 15) is 9.90 Å². The first-order chi connectivity index (χ1) is 8.65. The molecule has 1 aliphatic rings. The highest BCUT2D eigenvalue weighted by atomic mass is 16.5. The van der Waals surface area contributed by atoms with E-state index in [1.54, 1.807) is 24.3 Å². The molecule has 0 atom stereocenters.